The van der Waals surface area contributed by atoms with E-state index in [1.165, 1.54) is 30.5 Å². The van der Waals surface area contributed by atoms with Crippen LogP contribution >= 0.6 is 11.3 Å². The van der Waals surface area contributed by atoms with E-state index in [1.807, 2.05) is 25.1 Å². The van der Waals surface area contributed by atoms with Crippen LogP contribution in [0.3, 0.4) is 0 Å². The SMILES string of the molecule is CCOCOc1ccc2nc(/C=C/C#Cc3ccc(N(C)C(=O)OC(C)(C)C)nc3F)sc2c1. The molecule has 0 unspecified atom stereocenters. The molecule has 178 valence electrons. The lowest BCUT2D eigenvalue weighted by Crippen LogP contribution is -2.34. The maximum atomic E-state index is 14.4. The number of allylic oxidation sites excluding steroid dienone is 1. The number of fused-ring (bicyclic) bond motifs is 1. The van der Waals surface area contributed by atoms with Gasteiger partial charge in [-0.1, -0.05) is 11.8 Å². The molecule has 0 aliphatic rings. The molecule has 0 saturated heterocycles. The number of benzene rings is 1. The van der Waals surface area contributed by atoms with E-state index >= 15 is 0 Å². The Kier molecular flexibility index (Phi) is 8.21. The molecule has 9 heteroatoms. The Morgan fingerprint density at radius 3 is 2.74 bits per heavy atom. The van der Waals surface area contributed by atoms with Gasteiger partial charge in [-0.05, 0) is 70.2 Å². The third kappa shape index (κ3) is 7.01. The third-order valence-corrected chi connectivity index (χ3v) is 5.23. The molecule has 0 radical (unpaired) electrons. The molecule has 1 amide bonds. The van der Waals surface area contributed by atoms with Crippen molar-refractivity contribution in [2.24, 2.45) is 0 Å². The second-order valence-corrected chi connectivity index (χ2v) is 9.15. The Morgan fingerprint density at radius 1 is 1.24 bits per heavy atom. The van der Waals surface area contributed by atoms with Crippen LogP contribution in [0.4, 0.5) is 15.0 Å². The fourth-order valence-corrected chi connectivity index (χ4v) is 3.54. The monoisotopic (exact) mass is 483 g/mol. The minimum absolute atomic E-state index is 0.117. The van der Waals surface area contributed by atoms with Crippen LogP contribution in [-0.4, -0.2) is 42.1 Å². The number of carbonyl (C=O) groups excluding carboxylic acids is 1. The quantitative estimate of drug-likeness (QED) is 0.196. The first-order valence-corrected chi connectivity index (χ1v) is 11.4. The summed E-state index contributed by atoms with van der Waals surface area (Å²) < 4.78 is 31.4. The van der Waals surface area contributed by atoms with Gasteiger partial charge in [0.25, 0.3) is 0 Å². The van der Waals surface area contributed by atoms with Gasteiger partial charge in [0.1, 0.15) is 22.2 Å². The van der Waals surface area contributed by atoms with Gasteiger partial charge in [-0.15, -0.1) is 11.3 Å². The first-order chi connectivity index (χ1) is 16.2. The van der Waals surface area contributed by atoms with Crippen LogP contribution in [0.15, 0.2) is 36.4 Å². The standard InChI is InChI=1S/C25H26FN3O4S/c1-6-31-16-32-18-12-13-19-20(15-18)34-22(27-19)10-8-7-9-17-11-14-21(28-23(17)26)29(5)24(30)33-25(2,3)4/h8,10-15H,6,16H2,1-5H3/b10-8+. The van der Waals surface area contributed by atoms with Crippen LogP contribution in [-0.2, 0) is 9.47 Å². The molecule has 0 spiro atoms. The number of aromatic nitrogens is 2. The maximum Gasteiger partial charge on any atom is 0.415 e. The molecule has 1 aromatic carbocycles. The lowest BCUT2D eigenvalue weighted by atomic mass is 10.2. The highest BCUT2D eigenvalue weighted by Crippen LogP contribution is 2.27. The van der Waals surface area contributed by atoms with Gasteiger partial charge >= 0.3 is 6.09 Å². The molecular formula is C25H26FN3O4S. The summed E-state index contributed by atoms with van der Waals surface area (Å²) in [5, 5.41) is 0.763. The summed E-state index contributed by atoms with van der Waals surface area (Å²) >= 11 is 1.49. The average molecular weight is 484 g/mol. The molecule has 2 heterocycles. The third-order valence-electron chi connectivity index (χ3n) is 4.25. The van der Waals surface area contributed by atoms with Crippen molar-refractivity contribution < 1.29 is 23.4 Å². The van der Waals surface area contributed by atoms with Gasteiger partial charge < -0.3 is 14.2 Å². The molecule has 0 aliphatic carbocycles. The van der Waals surface area contributed by atoms with E-state index in [1.54, 1.807) is 32.9 Å². The van der Waals surface area contributed by atoms with Crippen LogP contribution in [0.1, 0.15) is 38.3 Å². The fraction of sp³-hybridized carbons (Fsp3) is 0.320. The summed E-state index contributed by atoms with van der Waals surface area (Å²) in [5.74, 6) is 5.59. The lowest BCUT2D eigenvalue weighted by Gasteiger charge is -2.24. The fourth-order valence-electron chi connectivity index (χ4n) is 2.64. The van der Waals surface area contributed by atoms with Gasteiger partial charge in [0, 0.05) is 13.7 Å². The van der Waals surface area contributed by atoms with Crippen molar-refractivity contribution in [3.05, 3.63) is 52.9 Å². The van der Waals surface area contributed by atoms with Gasteiger partial charge in [0.2, 0.25) is 5.95 Å². The molecule has 34 heavy (non-hydrogen) atoms. The van der Waals surface area contributed by atoms with Gasteiger partial charge in [-0.25, -0.2) is 14.8 Å². The summed E-state index contributed by atoms with van der Waals surface area (Å²) in [6, 6.07) is 8.62. The second-order valence-electron chi connectivity index (χ2n) is 8.09. The van der Waals surface area contributed by atoms with E-state index in [2.05, 4.69) is 21.8 Å². The summed E-state index contributed by atoms with van der Waals surface area (Å²) in [4.78, 5) is 21.6. The number of thiazole rings is 1. The van der Waals surface area contributed by atoms with Crippen molar-refractivity contribution >= 4 is 39.5 Å². The number of pyridine rings is 1. The number of hydrogen-bond acceptors (Lipinski definition) is 7. The smallest absolute Gasteiger partial charge is 0.415 e. The molecule has 2 aromatic heterocycles. The summed E-state index contributed by atoms with van der Waals surface area (Å²) in [5.41, 5.74) is 0.303. The molecule has 0 N–H and O–H groups in total. The molecule has 0 aliphatic heterocycles. The van der Waals surface area contributed by atoms with Crippen molar-refractivity contribution in [1.29, 1.82) is 0 Å². The van der Waals surface area contributed by atoms with Crippen molar-refractivity contribution in [2.75, 3.05) is 25.3 Å². The Morgan fingerprint density at radius 2 is 2.03 bits per heavy atom. The maximum absolute atomic E-state index is 14.4. The molecular weight excluding hydrogens is 457 g/mol. The molecule has 3 rings (SSSR count). The van der Waals surface area contributed by atoms with Crippen molar-refractivity contribution in [3.63, 3.8) is 0 Å². The second kappa shape index (κ2) is 11.1. The van der Waals surface area contributed by atoms with Crippen LogP contribution in [0, 0.1) is 17.8 Å². The van der Waals surface area contributed by atoms with E-state index in [-0.39, 0.29) is 18.2 Å². The molecule has 0 atom stereocenters. The zero-order chi connectivity index (χ0) is 24.7. The number of ether oxygens (including phenoxy) is 3. The van der Waals surface area contributed by atoms with E-state index in [0.29, 0.717) is 12.4 Å². The normalized spacial score (nSPS) is 11.4. The first kappa shape index (κ1) is 25.1. The van der Waals surface area contributed by atoms with Gasteiger partial charge in [0.15, 0.2) is 6.79 Å². The zero-order valence-corrected chi connectivity index (χ0v) is 20.5. The lowest BCUT2D eigenvalue weighted by molar-refractivity contribution is 0.0225. The first-order valence-electron chi connectivity index (χ1n) is 10.6. The Labute approximate surface area is 202 Å². The number of nitrogens with zero attached hydrogens (tertiary/aromatic N) is 3. The highest BCUT2D eigenvalue weighted by atomic mass is 32.1. The number of hydrogen-bond donors (Lipinski definition) is 0. The molecule has 0 bridgehead atoms. The average Bonchev–Trinajstić information content (AvgIpc) is 3.18. The Hall–Kier alpha value is -3.48. The topological polar surface area (TPSA) is 73.8 Å². The van der Waals surface area contributed by atoms with Crippen LogP contribution in [0.2, 0.25) is 0 Å². The summed E-state index contributed by atoms with van der Waals surface area (Å²) in [6.07, 6.45) is 2.74. The number of anilines is 1. The minimum Gasteiger partial charge on any atom is -0.468 e. The Bertz CT molecular complexity index is 1250. The van der Waals surface area contributed by atoms with E-state index in [0.717, 1.165) is 20.1 Å². The van der Waals surface area contributed by atoms with Crippen LogP contribution in [0.25, 0.3) is 16.3 Å². The molecule has 7 nitrogen and oxygen atoms in total. The van der Waals surface area contributed by atoms with Crippen LogP contribution < -0.4 is 9.64 Å². The van der Waals surface area contributed by atoms with E-state index < -0.39 is 17.6 Å². The van der Waals surface area contributed by atoms with E-state index in [4.69, 9.17) is 14.2 Å². The van der Waals surface area contributed by atoms with Crippen molar-refractivity contribution in [3.8, 4) is 17.6 Å². The van der Waals surface area contributed by atoms with Crippen LogP contribution in [0.5, 0.6) is 5.75 Å². The summed E-state index contributed by atoms with van der Waals surface area (Å²) in [6.45, 7) is 7.95. The molecule has 0 saturated carbocycles. The predicted molar refractivity (Wildman–Crippen MR) is 131 cm³/mol. The highest BCUT2D eigenvalue weighted by Gasteiger charge is 2.21. The van der Waals surface area contributed by atoms with Gasteiger partial charge in [0.05, 0.1) is 15.8 Å². The number of halogens is 1. The predicted octanol–water partition coefficient (Wildman–Crippen LogP) is 5.64. The zero-order valence-electron chi connectivity index (χ0n) is 19.7. The summed E-state index contributed by atoms with van der Waals surface area (Å²) in [7, 11) is 1.47. The number of rotatable bonds is 6. The number of carbonyl (C=O) groups is 1. The van der Waals surface area contributed by atoms with Crippen molar-refractivity contribution in [2.45, 2.75) is 33.3 Å². The minimum atomic E-state index is -0.770. The van der Waals surface area contributed by atoms with E-state index in [9.17, 15) is 9.18 Å². The molecule has 0 fully saturated rings. The molecule has 3 aromatic rings. The van der Waals surface area contributed by atoms with Crippen molar-refractivity contribution in [1.82, 2.24) is 9.97 Å². The Balaban J connectivity index is 1.66. The largest absolute Gasteiger partial charge is 0.468 e. The highest BCUT2D eigenvalue weighted by molar-refractivity contribution is 7.19. The number of amides is 1. The van der Waals surface area contributed by atoms with Gasteiger partial charge in [-0.2, -0.15) is 4.39 Å². The van der Waals surface area contributed by atoms with Gasteiger partial charge in [-0.3, -0.25) is 4.90 Å².